The molecule has 0 radical (unpaired) electrons. The number of amides is 5. The van der Waals surface area contributed by atoms with Gasteiger partial charge in [-0.15, -0.1) is 0 Å². The molecule has 16 nitrogen and oxygen atoms in total. The van der Waals surface area contributed by atoms with E-state index in [2.05, 4.69) is 44.2 Å². The molecule has 0 saturated carbocycles. The number of nitrogens with zero attached hydrogens (tertiary/aromatic N) is 1. The molecular formula is C29H47N9O7S. The minimum absolute atomic E-state index is 0.0694. The Morgan fingerprint density at radius 1 is 0.891 bits per heavy atom. The molecule has 1 aromatic carbocycles. The zero-order chi connectivity index (χ0) is 34.8. The fourth-order valence-electron chi connectivity index (χ4n) is 4.06. The molecule has 0 heterocycles. The topological polar surface area (TPSA) is 273 Å². The van der Waals surface area contributed by atoms with Crippen LogP contribution in [0.1, 0.15) is 45.6 Å². The summed E-state index contributed by atoms with van der Waals surface area (Å²) in [6, 6.07) is 3.70. The Kier molecular flexibility index (Phi) is 17.8. The predicted octanol–water partition coefficient (Wildman–Crippen LogP) is -2.25. The highest BCUT2D eigenvalue weighted by molar-refractivity contribution is 7.80. The molecule has 12 N–H and O–H groups in total. The minimum Gasteiger partial charge on any atom is -0.480 e. The second-order valence-corrected chi connectivity index (χ2v) is 11.1. The third-order valence-corrected chi connectivity index (χ3v) is 7.36. The monoisotopic (exact) mass is 665 g/mol. The Balaban J connectivity index is 2.85. The van der Waals surface area contributed by atoms with Crippen molar-refractivity contribution in [2.24, 2.45) is 28.1 Å². The van der Waals surface area contributed by atoms with Crippen molar-refractivity contribution in [1.29, 1.82) is 0 Å². The maximum absolute atomic E-state index is 13.1. The van der Waals surface area contributed by atoms with Crippen LogP contribution in [-0.4, -0.2) is 95.6 Å². The van der Waals surface area contributed by atoms with E-state index in [1.165, 1.54) is 6.92 Å². The van der Waals surface area contributed by atoms with E-state index in [-0.39, 0.29) is 43.4 Å². The highest BCUT2D eigenvalue weighted by Gasteiger charge is 2.31. The summed E-state index contributed by atoms with van der Waals surface area (Å²) < 4.78 is 0. The molecule has 0 bridgehead atoms. The summed E-state index contributed by atoms with van der Waals surface area (Å²) in [5.74, 6) is -5.22. The van der Waals surface area contributed by atoms with Crippen LogP contribution < -0.4 is 43.8 Å². The predicted molar refractivity (Wildman–Crippen MR) is 175 cm³/mol. The molecular weight excluding hydrogens is 618 g/mol. The van der Waals surface area contributed by atoms with Crippen LogP contribution in [0.25, 0.3) is 0 Å². The van der Waals surface area contributed by atoms with Crippen LogP contribution in [-0.2, 0) is 35.2 Å². The van der Waals surface area contributed by atoms with Crippen molar-refractivity contribution in [1.82, 2.24) is 26.6 Å². The van der Waals surface area contributed by atoms with Crippen LogP contribution in [0.3, 0.4) is 0 Å². The van der Waals surface area contributed by atoms with Crippen LogP contribution in [0.15, 0.2) is 35.3 Å². The summed E-state index contributed by atoms with van der Waals surface area (Å²) in [6.07, 6.45) is 1.10. The first-order valence-electron chi connectivity index (χ1n) is 14.9. The normalized spacial score (nSPS) is 14.6. The summed E-state index contributed by atoms with van der Waals surface area (Å²) in [6.45, 7) is 4.43. The summed E-state index contributed by atoms with van der Waals surface area (Å²) in [5.41, 5.74) is 17.5. The van der Waals surface area contributed by atoms with Gasteiger partial charge in [0.1, 0.15) is 24.2 Å². The number of thiol groups is 1. The molecule has 0 fully saturated rings. The second kappa shape index (κ2) is 20.6. The molecule has 0 aromatic heterocycles. The van der Waals surface area contributed by atoms with Gasteiger partial charge in [0.2, 0.25) is 29.5 Å². The van der Waals surface area contributed by atoms with Crippen molar-refractivity contribution in [2.75, 3.05) is 18.8 Å². The van der Waals surface area contributed by atoms with E-state index in [1.807, 2.05) is 37.3 Å². The van der Waals surface area contributed by atoms with Gasteiger partial charge < -0.3 is 48.9 Å². The van der Waals surface area contributed by atoms with E-state index in [4.69, 9.17) is 22.3 Å². The average Bonchev–Trinajstić information content (AvgIpc) is 3.02. The fraction of sp³-hybridized carbons (Fsp3) is 0.552. The molecule has 0 aliphatic carbocycles. The molecule has 0 saturated heterocycles. The average molecular weight is 666 g/mol. The summed E-state index contributed by atoms with van der Waals surface area (Å²) in [7, 11) is 0. The van der Waals surface area contributed by atoms with Gasteiger partial charge in [0.05, 0.1) is 12.6 Å². The lowest BCUT2D eigenvalue weighted by molar-refractivity contribution is -0.141. The molecule has 5 amide bonds. The van der Waals surface area contributed by atoms with Gasteiger partial charge in [-0.25, -0.2) is 0 Å². The van der Waals surface area contributed by atoms with E-state index in [9.17, 15) is 28.8 Å². The lowest BCUT2D eigenvalue weighted by Gasteiger charge is -2.26. The van der Waals surface area contributed by atoms with Gasteiger partial charge in [-0.3, -0.25) is 33.8 Å². The Morgan fingerprint density at radius 3 is 2.09 bits per heavy atom. The molecule has 0 aliphatic heterocycles. The van der Waals surface area contributed by atoms with Crippen LogP contribution >= 0.6 is 12.6 Å². The van der Waals surface area contributed by atoms with Crippen LogP contribution in [0.5, 0.6) is 0 Å². The number of carboxylic acid groups (broad SMARTS) is 1. The third kappa shape index (κ3) is 14.6. The Hall–Kier alpha value is -4.38. The first-order valence-corrected chi connectivity index (χ1v) is 15.5. The molecule has 0 spiro atoms. The van der Waals surface area contributed by atoms with Crippen LogP contribution in [0.4, 0.5) is 0 Å². The highest BCUT2D eigenvalue weighted by atomic mass is 32.1. The van der Waals surface area contributed by atoms with E-state index in [1.54, 1.807) is 6.92 Å². The summed E-state index contributed by atoms with van der Waals surface area (Å²) in [4.78, 5) is 79.3. The van der Waals surface area contributed by atoms with E-state index < -0.39 is 72.3 Å². The van der Waals surface area contributed by atoms with Crippen molar-refractivity contribution in [3.05, 3.63) is 35.9 Å². The number of hydrogen-bond acceptors (Lipinski definition) is 9. The smallest absolute Gasteiger partial charge is 0.325 e. The number of nitrogens with one attached hydrogen (secondary N) is 5. The van der Waals surface area contributed by atoms with Gasteiger partial charge in [0.15, 0.2) is 5.96 Å². The zero-order valence-corrected chi connectivity index (χ0v) is 27.2. The SMILES string of the molecule is CC[C@H](C)[C@H](NC(=O)[C@H](CS)NC(=O)[C@@H](N)Cc1ccccc1)C(=O)NCC(=O)N[C@@H](CCCN=C(N)N)C(=O)N[C@@H](C)C(=O)O. The van der Waals surface area contributed by atoms with Crippen molar-refractivity contribution in [3.63, 3.8) is 0 Å². The van der Waals surface area contributed by atoms with Gasteiger partial charge in [0.25, 0.3) is 0 Å². The van der Waals surface area contributed by atoms with Gasteiger partial charge in [-0.05, 0) is 37.7 Å². The number of guanidine groups is 1. The number of carbonyl (C=O) groups is 6. The lowest BCUT2D eigenvalue weighted by Crippen LogP contribution is -2.58. The summed E-state index contributed by atoms with van der Waals surface area (Å²) in [5, 5.41) is 21.5. The van der Waals surface area contributed by atoms with Gasteiger partial charge in [0, 0.05) is 12.3 Å². The molecule has 256 valence electrons. The van der Waals surface area contributed by atoms with Crippen molar-refractivity contribution in [2.45, 2.75) is 76.7 Å². The molecule has 1 rings (SSSR count). The molecule has 0 unspecified atom stereocenters. The minimum atomic E-state index is -1.26. The summed E-state index contributed by atoms with van der Waals surface area (Å²) >= 11 is 4.18. The van der Waals surface area contributed by atoms with E-state index in [0.29, 0.717) is 6.42 Å². The van der Waals surface area contributed by atoms with Gasteiger partial charge >= 0.3 is 5.97 Å². The number of hydrogen-bond donors (Lipinski definition) is 10. The number of nitrogens with two attached hydrogens (primary N) is 3. The number of benzene rings is 1. The first kappa shape index (κ1) is 39.6. The number of carboxylic acids is 1. The molecule has 6 atom stereocenters. The highest BCUT2D eigenvalue weighted by Crippen LogP contribution is 2.09. The Labute approximate surface area is 273 Å². The first-order chi connectivity index (χ1) is 21.7. The van der Waals surface area contributed by atoms with Gasteiger partial charge in [-0.1, -0.05) is 50.6 Å². The number of aliphatic imine (C=N–C) groups is 1. The number of carbonyl (C=O) groups excluding carboxylic acids is 5. The largest absolute Gasteiger partial charge is 0.480 e. The van der Waals surface area contributed by atoms with E-state index in [0.717, 1.165) is 5.56 Å². The molecule has 0 aliphatic rings. The van der Waals surface area contributed by atoms with Crippen molar-refractivity contribution >= 4 is 54.1 Å². The zero-order valence-electron chi connectivity index (χ0n) is 26.3. The van der Waals surface area contributed by atoms with E-state index >= 15 is 0 Å². The second-order valence-electron chi connectivity index (χ2n) is 10.8. The van der Waals surface area contributed by atoms with Crippen LogP contribution in [0.2, 0.25) is 0 Å². The Morgan fingerprint density at radius 2 is 1.52 bits per heavy atom. The van der Waals surface area contributed by atoms with Crippen molar-refractivity contribution < 1.29 is 33.9 Å². The quantitative estimate of drug-likeness (QED) is 0.0309. The number of rotatable bonds is 20. The third-order valence-electron chi connectivity index (χ3n) is 6.99. The maximum atomic E-state index is 13.1. The molecule has 1 aromatic rings. The molecule has 17 heteroatoms. The Bertz CT molecular complexity index is 1210. The van der Waals surface area contributed by atoms with Gasteiger partial charge in [-0.2, -0.15) is 12.6 Å². The van der Waals surface area contributed by atoms with Crippen molar-refractivity contribution in [3.8, 4) is 0 Å². The maximum Gasteiger partial charge on any atom is 0.325 e. The fourth-order valence-corrected chi connectivity index (χ4v) is 4.32. The van der Waals surface area contributed by atoms with Crippen LogP contribution in [0, 0.1) is 5.92 Å². The number of aliphatic carboxylic acids is 1. The lowest BCUT2D eigenvalue weighted by atomic mass is 9.98. The molecule has 46 heavy (non-hydrogen) atoms. The standard InChI is InChI=1S/C29H47N9O7S/c1-4-16(2)23(38-26(42)21(15-46)37-24(40)19(30)13-18-9-6-5-7-10-18)27(43)34-14-22(39)36-20(11-8-12-33-29(31)32)25(41)35-17(3)28(44)45/h5-7,9-10,16-17,19-21,23,46H,4,8,11-15,30H2,1-3H3,(H,34,43)(H,35,41)(H,36,39)(H,37,40)(H,38,42)(H,44,45)(H4,31,32,33)/t16-,17-,19-,20-,21-,23-/m0/s1.